The standard InChI is InChI=1S/C47H91NO6/c1-7-10-13-16-23-27-33-44(34-28-24-17-14-11-8-2)42-47(50)53-41-37-45(54-43(4)51-40-32-38-48(5)6)35-29-25-20-18-19-21-26-31-39-52-46(49)36-30-22-15-12-9-3/h44-45H,4,7-42H2,1-3,5-6H3. The summed E-state index contributed by atoms with van der Waals surface area (Å²) >= 11 is 0. The van der Waals surface area contributed by atoms with Crippen LogP contribution in [-0.2, 0) is 28.5 Å². The van der Waals surface area contributed by atoms with Crippen LogP contribution < -0.4 is 0 Å². The van der Waals surface area contributed by atoms with Gasteiger partial charge in [0.25, 0.3) is 5.95 Å². The summed E-state index contributed by atoms with van der Waals surface area (Å²) in [6.07, 6.45) is 36.2. The van der Waals surface area contributed by atoms with Crippen LogP contribution in [0.25, 0.3) is 0 Å². The van der Waals surface area contributed by atoms with Crippen molar-refractivity contribution in [2.75, 3.05) is 40.5 Å². The van der Waals surface area contributed by atoms with Crippen LogP contribution in [-0.4, -0.2) is 63.4 Å². The normalized spacial score (nSPS) is 12.0. The van der Waals surface area contributed by atoms with Crippen LogP contribution >= 0.6 is 0 Å². The zero-order valence-electron chi connectivity index (χ0n) is 36.7. The van der Waals surface area contributed by atoms with Crippen molar-refractivity contribution in [2.24, 2.45) is 5.92 Å². The second-order valence-electron chi connectivity index (χ2n) is 16.3. The molecular formula is C47H91NO6. The highest BCUT2D eigenvalue weighted by Crippen LogP contribution is 2.23. The topological polar surface area (TPSA) is 74.3 Å². The predicted molar refractivity (Wildman–Crippen MR) is 229 cm³/mol. The molecule has 0 saturated carbocycles. The molecule has 7 nitrogen and oxygen atoms in total. The predicted octanol–water partition coefficient (Wildman–Crippen LogP) is 13.7. The Hall–Kier alpha value is -1.76. The largest absolute Gasteiger partial charge is 0.466 e. The second kappa shape index (κ2) is 40.9. The van der Waals surface area contributed by atoms with Crippen molar-refractivity contribution in [3.63, 3.8) is 0 Å². The molecule has 0 bridgehead atoms. The molecule has 7 heteroatoms. The Morgan fingerprint density at radius 2 is 0.926 bits per heavy atom. The van der Waals surface area contributed by atoms with Crippen LogP contribution in [0.1, 0.15) is 226 Å². The number of rotatable bonds is 43. The summed E-state index contributed by atoms with van der Waals surface area (Å²) in [5, 5.41) is 0. The lowest BCUT2D eigenvalue weighted by Gasteiger charge is -2.21. The maximum atomic E-state index is 13.0. The SMILES string of the molecule is C=C(OCCCN(C)C)OC(CCCCCCCCCCOC(=O)CCCCCCC)CCOC(=O)CC(CCCCCCCC)CCCCCCCC. The fraction of sp³-hybridized carbons (Fsp3) is 0.915. The van der Waals surface area contributed by atoms with Gasteiger partial charge >= 0.3 is 11.9 Å². The van der Waals surface area contributed by atoms with E-state index in [2.05, 4.69) is 46.3 Å². The Morgan fingerprint density at radius 3 is 1.46 bits per heavy atom. The Balaban J connectivity index is 4.56. The van der Waals surface area contributed by atoms with Crippen LogP contribution in [0.15, 0.2) is 12.5 Å². The molecule has 0 fully saturated rings. The molecule has 0 aliphatic rings. The molecule has 0 aliphatic carbocycles. The van der Waals surface area contributed by atoms with Crippen molar-refractivity contribution in [1.82, 2.24) is 4.90 Å². The smallest absolute Gasteiger partial charge is 0.306 e. The van der Waals surface area contributed by atoms with E-state index < -0.39 is 0 Å². The fourth-order valence-corrected chi connectivity index (χ4v) is 7.09. The van der Waals surface area contributed by atoms with E-state index in [-0.39, 0.29) is 18.0 Å². The second-order valence-corrected chi connectivity index (χ2v) is 16.3. The molecule has 0 aliphatic heterocycles. The molecule has 0 N–H and O–H groups in total. The molecule has 0 heterocycles. The van der Waals surface area contributed by atoms with Gasteiger partial charge in [0, 0.05) is 25.8 Å². The van der Waals surface area contributed by atoms with Crippen LogP contribution in [0.3, 0.4) is 0 Å². The number of hydrogen-bond acceptors (Lipinski definition) is 7. The first-order chi connectivity index (χ1) is 26.3. The third-order valence-electron chi connectivity index (χ3n) is 10.6. The molecule has 0 amide bonds. The van der Waals surface area contributed by atoms with Gasteiger partial charge in [0.2, 0.25) is 0 Å². The summed E-state index contributed by atoms with van der Waals surface area (Å²) in [6, 6.07) is 0. The molecule has 320 valence electrons. The maximum Gasteiger partial charge on any atom is 0.306 e. The van der Waals surface area contributed by atoms with Crippen molar-refractivity contribution in [3.05, 3.63) is 12.5 Å². The number of hydrogen-bond donors (Lipinski definition) is 0. The average molecular weight is 766 g/mol. The molecule has 0 spiro atoms. The lowest BCUT2D eigenvalue weighted by molar-refractivity contribution is -0.146. The minimum absolute atomic E-state index is 0.0300. The van der Waals surface area contributed by atoms with Gasteiger partial charge in [0.15, 0.2) is 0 Å². The van der Waals surface area contributed by atoms with Crippen molar-refractivity contribution < 1.29 is 28.5 Å². The monoisotopic (exact) mass is 766 g/mol. The van der Waals surface area contributed by atoms with Gasteiger partial charge in [-0.1, -0.05) is 162 Å². The molecular weight excluding hydrogens is 675 g/mol. The van der Waals surface area contributed by atoms with E-state index in [1.807, 2.05) is 0 Å². The average Bonchev–Trinajstić information content (AvgIpc) is 3.14. The van der Waals surface area contributed by atoms with Gasteiger partial charge in [-0.05, 0) is 71.5 Å². The first-order valence-electron chi connectivity index (χ1n) is 23.3. The maximum absolute atomic E-state index is 13.0. The third-order valence-corrected chi connectivity index (χ3v) is 10.6. The van der Waals surface area contributed by atoms with E-state index in [0.29, 0.717) is 50.9 Å². The molecule has 0 aromatic heterocycles. The van der Waals surface area contributed by atoms with E-state index >= 15 is 0 Å². The van der Waals surface area contributed by atoms with Gasteiger partial charge in [-0.2, -0.15) is 0 Å². The van der Waals surface area contributed by atoms with Gasteiger partial charge in [-0.15, -0.1) is 0 Å². The Labute approximate surface area is 335 Å². The molecule has 1 atom stereocenters. The van der Waals surface area contributed by atoms with Crippen LogP contribution in [0.2, 0.25) is 0 Å². The summed E-state index contributed by atoms with van der Waals surface area (Å²) in [6.45, 7) is 13.3. The van der Waals surface area contributed by atoms with Crippen molar-refractivity contribution >= 4 is 11.9 Å². The molecule has 0 radical (unpaired) electrons. The van der Waals surface area contributed by atoms with E-state index in [1.54, 1.807) is 0 Å². The van der Waals surface area contributed by atoms with Crippen molar-refractivity contribution in [2.45, 2.75) is 232 Å². The summed E-state index contributed by atoms with van der Waals surface area (Å²) in [4.78, 5) is 27.1. The first kappa shape index (κ1) is 52.2. The van der Waals surface area contributed by atoms with E-state index in [9.17, 15) is 9.59 Å². The Kier molecular flexibility index (Phi) is 39.6. The van der Waals surface area contributed by atoms with Gasteiger partial charge in [0.05, 0.1) is 19.8 Å². The van der Waals surface area contributed by atoms with E-state index in [1.165, 1.54) is 122 Å². The van der Waals surface area contributed by atoms with Gasteiger partial charge < -0.3 is 23.8 Å². The Bertz CT molecular complexity index is 817. The van der Waals surface area contributed by atoms with Gasteiger partial charge in [-0.3, -0.25) is 9.59 Å². The highest BCUT2D eigenvalue weighted by atomic mass is 16.7. The highest BCUT2D eigenvalue weighted by molar-refractivity contribution is 5.69. The fourth-order valence-electron chi connectivity index (χ4n) is 7.09. The zero-order chi connectivity index (χ0) is 39.7. The number of carbonyl (C=O) groups is 2. The van der Waals surface area contributed by atoms with E-state index in [0.717, 1.165) is 70.8 Å². The highest BCUT2D eigenvalue weighted by Gasteiger charge is 2.17. The van der Waals surface area contributed by atoms with Gasteiger partial charge in [-0.25, -0.2) is 0 Å². The zero-order valence-corrected chi connectivity index (χ0v) is 36.7. The van der Waals surface area contributed by atoms with Crippen LogP contribution in [0.4, 0.5) is 0 Å². The molecule has 1 unspecified atom stereocenters. The minimum Gasteiger partial charge on any atom is -0.466 e. The lowest BCUT2D eigenvalue weighted by Crippen LogP contribution is -2.20. The van der Waals surface area contributed by atoms with Crippen molar-refractivity contribution in [1.29, 1.82) is 0 Å². The minimum atomic E-state index is -0.0692. The molecule has 0 saturated heterocycles. The van der Waals surface area contributed by atoms with Crippen molar-refractivity contribution in [3.8, 4) is 0 Å². The van der Waals surface area contributed by atoms with E-state index in [4.69, 9.17) is 18.9 Å². The lowest BCUT2D eigenvalue weighted by atomic mass is 9.91. The summed E-state index contributed by atoms with van der Waals surface area (Å²) in [5.41, 5.74) is 0. The number of nitrogens with zero attached hydrogens (tertiary/aromatic N) is 1. The van der Waals surface area contributed by atoms with Gasteiger partial charge in [0.1, 0.15) is 6.10 Å². The quantitative estimate of drug-likeness (QED) is 0.0347. The molecule has 0 aromatic rings. The van der Waals surface area contributed by atoms with Crippen LogP contribution in [0.5, 0.6) is 0 Å². The first-order valence-corrected chi connectivity index (χ1v) is 23.3. The Morgan fingerprint density at radius 1 is 0.481 bits per heavy atom. The summed E-state index contributed by atoms with van der Waals surface area (Å²) < 4.78 is 23.3. The number of ether oxygens (including phenoxy) is 4. The molecule has 0 aromatic carbocycles. The third kappa shape index (κ3) is 38.5. The van der Waals surface area contributed by atoms with Crippen LogP contribution in [0, 0.1) is 5.92 Å². The molecule has 54 heavy (non-hydrogen) atoms. The summed E-state index contributed by atoms with van der Waals surface area (Å²) in [7, 11) is 4.12. The number of unbranched alkanes of at least 4 members (excludes halogenated alkanes) is 21. The number of carbonyl (C=O) groups excluding carboxylic acids is 2. The number of esters is 2. The summed E-state index contributed by atoms with van der Waals surface area (Å²) in [5.74, 6) is 0.730. The molecule has 0 rings (SSSR count).